The van der Waals surface area contributed by atoms with E-state index in [0.29, 0.717) is 0 Å². The van der Waals surface area contributed by atoms with E-state index in [1.807, 2.05) is 0 Å². The van der Waals surface area contributed by atoms with Crippen molar-refractivity contribution >= 4 is 0 Å². The largest absolute Gasteiger partial charge is 0.311 e. The van der Waals surface area contributed by atoms with Gasteiger partial charge in [0.05, 0.1) is 0 Å². The highest BCUT2D eigenvalue weighted by Crippen LogP contribution is 2.34. The summed E-state index contributed by atoms with van der Waals surface area (Å²) in [7, 11) is 0. The van der Waals surface area contributed by atoms with Crippen LogP contribution in [0.1, 0.15) is 79.1 Å². The number of nitrogens with one attached hydrogen (secondary N) is 1. The topological polar surface area (TPSA) is 12.0 Å². The van der Waals surface area contributed by atoms with Gasteiger partial charge in [0.1, 0.15) is 0 Å². The molecule has 0 heterocycles. The van der Waals surface area contributed by atoms with E-state index in [4.69, 9.17) is 0 Å². The molecule has 1 nitrogen and oxygen atoms in total. The van der Waals surface area contributed by atoms with Crippen molar-refractivity contribution in [2.75, 3.05) is 0 Å². The predicted molar refractivity (Wildman–Crippen MR) is 84.3 cm³/mol. The van der Waals surface area contributed by atoms with Crippen LogP contribution in [-0.2, 0) is 0 Å². The second kappa shape index (κ2) is 7.11. The Kier molecular flexibility index (Phi) is 5.74. The fourth-order valence-electron chi connectivity index (χ4n) is 4.35. The van der Waals surface area contributed by atoms with E-state index in [9.17, 15) is 0 Å². The van der Waals surface area contributed by atoms with E-state index in [0.717, 1.165) is 35.8 Å². The second-order valence-corrected chi connectivity index (χ2v) is 7.91. The second-order valence-electron chi connectivity index (χ2n) is 7.91. The molecule has 0 aliphatic heterocycles. The number of hydrogen-bond donors (Lipinski definition) is 1. The first-order valence-corrected chi connectivity index (χ1v) is 8.82. The zero-order valence-electron chi connectivity index (χ0n) is 13.6. The van der Waals surface area contributed by atoms with Gasteiger partial charge in [0.15, 0.2) is 0 Å². The molecule has 0 spiro atoms. The van der Waals surface area contributed by atoms with Crippen LogP contribution in [0, 0.1) is 23.7 Å². The lowest BCUT2D eigenvalue weighted by Gasteiger charge is -2.40. The summed E-state index contributed by atoms with van der Waals surface area (Å²) in [4.78, 5) is 0. The molecule has 1 heteroatoms. The third-order valence-corrected chi connectivity index (χ3v) is 5.73. The van der Waals surface area contributed by atoms with Crippen LogP contribution >= 0.6 is 0 Å². The first-order valence-electron chi connectivity index (χ1n) is 8.82. The van der Waals surface area contributed by atoms with Crippen LogP contribution in [0.4, 0.5) is 0 Å². The summed E-state index contributed by atoms with van der Waals surface area (Å²) in [6.07, 6.45) is 11.5. The first-order chi connectivity index (χ1) is 9.06. The summed E-state index contributed by atoms with van der Waals surface area (Å²) in [6.45, 7) is 9.72. The lowest BCUT2D eigenvalue weighted by molar-refractivity contribution is 0.155. The molecule has 2 fully saturated rings. The van der Waals surface area contributed by atoms with Crippen LogP contribution in [0.25, 0.3) is 0 Å². The van der Waals surface area contributed by atoms with Crippen LogP contribution in [0.5, 0.6) is 0 Å². The molecule has 0 aromatic rings. The molecule has 0 bridgehead atoms. The zero-order valence-corrected chi connectivity index (χ0v) is 13.6. The Balaban J connectivity index is 1.90. The molecule has 0 aromatic heterocycles. The van der Waals surface area contributed by atoms with Crippen molar-refractivity contribution in [1.29, 1.82) is 0 Å². The summed E-state index contributed by atoms with van der Waals surface area (Å²) in [5.41, 5.74) is 0. The molecular formula is C18H35N. The average Bonchev–Trinajstić information content (AvgIpc) is 2.54. The minimum absolute atomic E-state index is 0.794. The first kappa shape index (κ1) is 15.4. The lowest BCUT2D eigenvalue weighted by atomic mass is 9.73. The van der Waals surface area contributed by atoms with Gasteiger partial charge in [0.2, 0.25) is 0 Å². The third-order valence-electron chi connectivity index (χ3n) is 5.73. The van der Waals surface area contributed by atoms with Gasteiger partial charge in [-0.25, -0.2) is 0 Å². The molecule has 5 unspecified atom stereocenters. The molecule has 2 aliphatic carbocycles. The maximum Gasteiger partial charge on any atom is 0.0103 e. The van der Waals surface area contributed by atoms with Gasteiger partial charge >= 0.3 is 0 Å². The Labute approximate surface area is 120 Å². The predicted octanol–water partition coefficient (Wildman–Crippen LogP) is 5.01. The molecule has 0 saturated heterocycles. The van der Waals surface area contributed by atoms with Gasteiger partial charge in [0, 0.05) is 12.1 Å². The quantitative estimate of drug-likeness (QED) is 0.708. The highest BCUT2D eigenvalue weighted by atomic mass is 15.0. The van der Waals surface area contributed by atoms with Gasteiger partial charge in [-0.05, 0) is 55.8 Å². The van der Waals surface area contributed by atoms with Crippen LogP contribution in [0.2, 0.25) is 0 Å². The summed E-state index contributed by atoms with van der Waals surface area (Å²) in [5, 5.41) is 4.08. The highest BCUT2D eigenvalue weighted by Gasteiger charge is 2.32. The Hall–Kier alpha value is -0.0400. The minimum Gasteiger partial charge on any atom is -0.311 e. The smallest absolute Gasteiger partial charge is 0.0103 e. The van der Waals surface area contributed by atoms with Crippen molar-refractivity contribution in [2.24, 2.45) is 23.7 Å². The van der Waals surface area contributed by atoms with Gasteiger partial charge in [-0.2, -0.15) is 0 Å². The van der Waals surface area contributed by atoms with Gasteiger partial charge in [-0.15, -0.1) is 0 Å². The Bertz CT molecular complexity index is 260. The molecule has 19 heavy (non-hydrogen) atoms. The standard InChI is InChI=1S/C18H35N/c1-13(2)17-11-9-15(4)12-18(17)19-16-7-5-6-14(3)8-10-16/h13-19H,5-12H2,1-4H3. The Morgan fingerprint density at radius 1 is 0.842 bits per heavy atom. The summed E-state index contributed by atoms with van der Waals surface area (Å²) >= 11 is 0. The van der Waals surface area contributed by atoms with E-state index in [-0.39, 0.29) is 0 Å². The van der Waals surface area contributed by atoms with Crippen molar-refractivity contribution in [3.8, 4) is 0 Å². The van der Waals surface area contributed by atoms with Crippen molar-refractivity contribution in [2.45, 2.75) is 91.1 Å². The van der Waals surface area contributed by atoms with E-state index in [1.54, 1.807) is 0 Å². The molecule has 112 valence electrons. The van der Waals surface area contributed by atoms with Crippen molar-refractivity contribution in [1.82, 2.24) is 5.32 Å². The molecule has 2 saturated carbocycles. The molecule has 2 aliphatic rings. The number of hydrogen-bond acceptors (Lipinski definition) is 1. The molecule has 0 amide bonds. The van der Waals surface area contributed by atoms with E-state index in [2.05, 4.69) is 33.0 Å². The lowest BCUT2D eigenvalue weighted by Crippen LogP contribution is -2.47. The normalized spacial score (nSPS) is 41.2. The van der Waals surface area contributed by atoms with Crippen LogP contribution in [0.3, 0.4) is 0 Å². The SMILES string of the molecule is CC1CCCC(NC2CC(C)CCC2C(C)C)CC1. The Morgan fingerprint density at radius 2 is 1.58 bits per heavy atom. The summed E-state index contributed by atoms with van der Waals surface area (Å²) in [6, 6.07) is 1.60. The zero-order chi connectivity index (χ0) is 13.8. The fourth-order valence-corrected chi connectivity index (χ4v) is 4.35. The molecule has 0 radical (unpaired) electrons. The summed E-state index contributed by atoms with van der Waals surface area (Å²) < 4.78 is 0. The van der Waals surface area contributed by atoms with E-state index >= 15 is 0 Å². The Morgan fingerprint density at radius 3 is 2.32 bits per heavy atom. The fraction of sp³-hybridized carbons (Fsp3) is 1.00. The maximum absolute atomic E-state index is 4.08. The summed E-state index contributed by atoms with van der Waals surface area (Å²) in [5.74, 6) is 3.64. The van der Waals surface area contributed by atoms with Gasteiger partial charge in [-0.3, -0.25) is 0 Å². The molecule has 5 atom stereocenters. The van der Waals surface area contributed by atoms with Crippen molar-refractivity contribution in [3.63, 3.8) is 0 Å². The van der Waals surface area contributed by atoms with E-state index in [1.165, 1.54) is 51.4 Å². The highest BCUT2D eigenvalue weighted by molar-refractivity contribution is 4.88. The van der Waals surface area contributed by atoms with Gasteiger partial charge in [0.25, 0.3) is 0 Å². The van der Waals surface area contributed by atoms with Crippen LogP contribution in [-0.4, -0.2) is 12.1 Å². The minimum atomic E-state index is 0.794. The van der Waals surface area contributed by atoms with Crippen molar-refractivity contribution in [3.05, 3.63) is 0 Å². The monoisotopic (exact) mass is 265 g/mol. The van der Waals surface area contributed by atoms with Crippen LogP contribution in [0.15, 0.2) is 0 Å². The third kappa shape index (κ3) is 4.48. The number of rotatable bonds is 3. The molecule has 1 N–H and O–H groups in total. The van der Waals surface area contributed by atoms with Crippen LogP contribution < -0.4 is 5.32 Å². The average molecular weight is 265 g/mol. The maximum atomic E-state index is 4.08. The molecular weight excluding hydrogens is 230 g/mol. The molecule has 0 aromatic carbocycles. The van der Waals surface area contributed by atoms with E-state index < -0.39 is 0 Å². The van der Waals surface area contributed by atoms with Gasteiger partial charge < -0.3 is 5.32 Å². The van der Waals surface area contributed by atoms with Crippen molar-refractivity contribution < 1.29 is 0 Å². The van der Waals surface area contributed by atoms with Gasteiger partial charge in [-0.1, -0.05) is 47.0 Å². The molecule has 2 rings (SSSR count).